The molecule has 3 aliphatic rings. The minimum Gasteiger partial charge on any atom is -0.338 e. The fourth-order valence-electron chi connectivity index (χ4n) is 4.38. The van der Waals surface area contributed by atoms with Crippen molar-refractivity contribution in [3.05, 3.63) is 16.9 Å². The number of hydrogen-bond donors (Lipinski definition) is 0. The quantitative estimate of drug-likeness (QED) is 0.830. The van der Waals surface area contributed by atoms with Crippen molar-refractivity contribution >= 4 is 21.9 Å². The van der Waals surface area contributed by atoms with Crippen LogP contribution in [-0.2, 0) is 0 Å². The Hall–Kier alpha value is -0.680. The molecular formula is C15H21BrN4. The van der Waals surface area contributed by atoms with Gasteiger partial charge in [0, 0.05) is 44.6 Å². The molecule has 0 amide bonds. The Bertz CT molecular complexity index is 469. The molecule has 1 aromatic rings. The van der Waals surface area contributed by atoms with Crippen LogP contribution in [0.5, 0.6) is 0 Å². The molecule has 2 saturated carbocycles. The van der Waals surface area contributed by atoms with Crippen molar-refractivity contribution in [1.82, 2.24) is 14.9 Å². The molecular weight excluding hydrogens is 316 g/mol. The number of nitrogens with zero attached hydrogens (tertiary/aromatic N) is 4. The Balaban J connectivity index is 1.37. The number of rotatable bonds is 2. The maximum Gasteiger partial charge on any atom is 0.225 e. The number of anilines is 1. The topological polar surface area (TPSA) is 32.3 Å². The average Bonchev–Trinajstić information content (AvgIpc) is 3.11. The summed E-state index contributed by atoms with van der Waals surface area (Å²) in [5.41, 5.74) is 0. The predicted molar refractivity (Wildman–Crippen MR) is 82.8 cm³/mol. The van der Waals surface area contributed by atoms with Crippen LogP contribution in [-0.4, -0.2) is 47.1 Å². The number of aromatic nitrogens is 2. The van der Waals surface area contributed by atoms with Gasteiger partial charge in [-0.3, -0.25) is 4.90 Å². The number of piperazine rings is 1. The van der Waals surface area contributed by atoms with E-state index in [9.17, 15) is 0 Å². The number of hydrogen-bond acceptors (Lipinski definition) is 4. The van der Waals surface area contributed by atoms with Gasteiger partial charge in [-0.25, -0.2) is 9.97 Å². The minimum absolute atomic E-state index is 0.876. The second kappa shape index (κ2) is 5.26. The summed E-state index contributed by atoms with van der Waals surface area (Å²) in [6.07, 6.45) is 9.61. The van der Waals surface area contributed by atoms with Gasteiger partial charge in [-0.05, 0) is 47.0 Å². The summed E-state index contributed by atoms with van der Waals surface area (Å²) in [7, 11) is 0. The van der Waals surface area contributed by atoms with E-state index < -0.39 is 0 Å². The zero-order chi connectivity index (χ0) is 13.5. The third-order valence-corrected chi connectivity index (χ3v) is 5.78. The van der Waals surface area contributed by atoms with Gasteiger partial charge < -0.3 is 4.90 Å². The highest BCUT2D eigenvalue weighted by Crippen LogP contribution is 2.46. The Morgan fingerprint density at radius 2 is 1.75 bits per heavy atom. The lowest BCUT2D eigenvalue weighted by molar-refractivity contribution is 0.134. The van der Waals surface area contributed by atoms with Crippen LogP contribution in [0.25, 0.3) is 0 Å². The van der Waals surface area contributed by atoms with Gasteiger partial charge >= 0.3 is 0 Å². The molecule has 108 valence electrons. The molecule has 0 aromatic carbocycles. The Morgan fingerprint density at radius 1 is 1.00 bits per heavy atom. The lowest BCUT2D eigenvalue weighted by atomic mass is 9.93. The predicted octanol–water partition coefficient (Wildman–Crippen LogP) is 2.55. The maximum atomic E-state index is 4.41. The van der Waals surface area contributed by atoms with Gasteiger partial charge in [0.1, 0.15) is 0 Å². The lowest BCUT2D eigenvalue weighted by Crippen LogP contribution is -2.52. The second-order valence-corrected chi connectivity index (χ2v) is 7.38. The summed E-state index contributed by atoms with van der Waals surface area (Å²) in [5, 5.41) is 0. The maximum absolute atomic E-state index is 4.41. The molecule has 5 heteroatoms. The van der Waals surface area contributed by atoms with Crippen molar-refractivity contribution in [2.24, 2.45) is 11.8 Å². The number of fused-ring (bicyclic) bond motifs is 2. The normalized spacial score (nSPS) is 33.9. The summed E-state index contributed by atoms with van der Waals surface area (Å²) in [6.45, 7) is 4.48. The van der Waals surface area contributed by atoms with Gasteiger partial charge in [0.15, 0.2) is 0 Å². The summed E-state index contributed by atoms with van der Waals surface area (Å²) in [6, 6.07) is 0.877. The van der Waals surface area contributed by atoms with Gasteiger partial charge in [-0.15, -0.1) is 0 Å². The van der Waals surface area contributed by atoms with Crippen molar-refractivity contribution in [3.63, 3.8) is 0 Å². The van der Waals surface area contributed by atoms with Crippen LogP contribution in [0.2, 0.25) is 0 Å². The van der Waals surface area contributed by atoms with E-state index in [1.165, 1.54) is 38.8 Å². The molecule has 1 saturated heterocycles. The van der Waals surface area contributed by atoms with Gasteiger partial charge in [0.2, 0.25) is 5.95 Å². The van der Waals surface area contributed by atoms with Gasteiger partial charge in [-0.2, -0.15) is 0 Å². The van der Waals surface area contributed by atoms with Gasteiger partial charge in [-0.1, -0.05) is 6.42 Å². The largest absolute Gasteiger partial charge is 0.338 e. The molecule has 3 fully saturated rings. The SMILES string of the molecule is Brc1cnc(N2CCN(C3CC4CCC3C4)CC2)nc1. The van der Waals surface area contributed by atoms with Crippen molar-refractivity contribution in [2.75, 3.05) is 31.1 Å². The summed E-state index contributed by atoms with van der Waals surface area (Å²) < 4.78 is 0.946. The van der Waals surface area contributed by atoms with E-state index in [1.54, 1.807) is 0 Å². The Labute approximate surface area is 128 Å². The first-order valence-electron chi connectivity index (χ1n) is 7.76. The third-order valence-electron chi connectivity index (χ3n) is 5.37. The van der Waals surface area contributed by atoms with Crippen LogP contribution in [0.1, 0.15) is 25.7 Å². The van der Waals surface area contributed by atoms with E-state index in [4.69, 9.17) is 0 Å². The minimum atomic E-state index is 0.876. The van der Waals surface area contributed by atoms with Gasteiger partial charge in [0.05, 0.1) is 4.47 Å². The zero-order valence-electron chi connectivity index (χ0n) is 11.7. The Morgan fingerprint density at radius 3 is 2.35 bits per heavy atom. The van der Waals surface area contributed by atoms with E-state index in [0.29, 0.717) is 0 Å². The van der Waals surface area contributed by atoms with Crippen molar-refractivity contribution < 1.29 is 0 Å². The molecule has 3 unspecified atom stereocenters. The smallest absolute Gasteiger partial charge is 0.225 e. The van der Waals surface area contributed by atoms with Crippen molar-refractivity contribution in [1.29, 1.82) is 0 Å². The summed E-state index contributed by atoms with van der Waals surface area (Å²) >= 11 is 3.39. The van der Waals surface area contributed by atoms with Crippen LogP contribution in [0.3, 0.4) is 0 Å². The molecule has 1 aliphatic heterocycles. The monoisotopic (exact) mass is 336 g/mol. The first kappa shape index (κ1) is 13.0. The molecule has 4 nitrogen and oxygen atoms in total. The molecule has 4 rings (SSSR count). The second-order valence-electron chi connectivity index (χ2n) is 6.47. The standard InChI is InChI=1S/C15H21BrN4/c16-13-9-17-15(18-10-13)20-5-3-19(4-6-20)14-8-11-1-2-12(14)7-11/h9-12,14H,1-8H2. The molecule has 2 aliphatic carbocycles. The molecule has 0 spiro atoms. The van der Waals surface area contributed by atoms with Crippen molar-refractivity contribution in [3.8, 4) is 0 Å². The fourth-order valence-corrected chi connectivity index (χ4v) is 4.59. The van der Waals surface area contributed by atoms with E-state index >= 15 is 0 Å². The molecule has 0 radical (unpaired) electrons. The molecule has 20 heavy (non-hydrogen) atoms. The zero-order valence-corrected chi connectivity index (χ0v) is 13.3. The first-order valence-corrected chi connectivity index (χ1v) is 8.55. The third kappa shape index (κ3) is 2.35. The van der Waals surface area contributed by atoms with Crippen LogP contribution in [0, 0.1) is 11.8 Å². The summed E-state index contributed by atoms with van der Waals surface area (Å²) in [4.78, 5) is 13.9. The summed E-state index contributed by atoms with van der Waals surface area (Å²) in [5.74, 6) is 2.91. The van der Waals surface area contributed by atoms with Crippen LogP contribution in [0.15, 0.2) is 16.9 Å². The molecule has 2 bridgehead atoms. The van der Waals surface area contributed by atoms with Gasteiger partial charge in [0.25, 0.3) is 0 Å². The number of halogens is 1. The lowest BCUT2D eigenvalue weighted by Gasteiger charge is -2.41. The van der Waals surface area contributed by atoms with Crippen molar-refractivity contribution in [2.45, 2.75) is 31.7 Å². The highest BCUT2D eigenvalue weighted by atomic mass is 79.9. The van der Waals surface area contributed by atoms with Crippen LogP contribution < -0.4 is 4.90 Å². The fraction of sp³-hybridized carbons (Fsp3) is 0.733. The molecule has 2 heterocycles. The Kier molecular flexibility index (Phi) is 3.42. The molecule has 1 aromatic heterocycles. The van der Waals surface area contributed by atoms with E-state index in [1.807, 2.05) is 12.4 Å². The molecule has 0 N–H and O–H groups in total. The average molecular weight is 337 g/mol. The highest BCUT2D eigenvalue weighted by Gasteiger charge is 2.42. The van der Waals surface area contributed by atoms with E-state index in [2.05, 4.69) is 35.7 Å². The first-order chi connectivity index (χ1) is 9.79. The van der Waals surface area contributed by atoms with Crippen LogP contribution in [0.4, 0.5) is 5.95 Å². The van der Waals surface area contributed by atoms with E-state index in [0.717, 1.165) is 41.4 Å². The van der Waals surface area contributed by atoms with E-state index in [-0.39, 0.29) is 0 Å². The highest BCUT2D eigenvalue weighted by molar-refractivity contribution is 9.10. The molecule has 3 atom stereocenters. The van der Waals surface area contributed by atoms with Crippen LogP contribution >= 0.6 is 15.9 Å².